The number of imidazole rings is 1. The minimum atomic E-state index is 0.607. The van der Waals surface area contributed by atoms with Crippen LogP contribution in [-0.2, 0) is 11.3 Å². The molecule has 3 aromatic heterocycles. The van der Waals surface area contributed by atoms with Crippen LogP contribution in [0.5, 0.6) is 0 Å². The average Bonchev–Trinajstić information content (AvgIpc) is 3.55. The van der Waals surface area contributed by atoms with Crippen molar-refractivity contribution in [2.24, 2.45) is 5.10 Å². The van der Waals surface area contributed by atoms with Gasteiger partial charge in [0.25, 0.3) is 0 Å². The van der Waals surface area contributed by atoms with E-state index in [1.165, 1.54) is 0 Å². The van der Waals surface area contributed by atoms with E-state index in [9.17, 15) is 0 Å². The van der Waals surface area contributed by atoms with Gasteiger partial charge in [-0.2, -0.15) is 15.1 Å². The van der Waals surface area contributed by atoms with Crippen LogP contribution in [0.2, 0.25) is 0 Å². The molecular formula is C25H26N8O. The molecule has 34 heavy (non-hydrogen) atoms. The molecule has 9 nitrogen and oxygen atoms in total. The normalized spacial score (nSPS) is 16.3. The molecule has 0 aliphatic carbocycles. The van der Waals surface area contributed by atoms with Gasteiger partial charge in [0, 0.05) is 44.0 Å². The molecule has 0 amide bonds. The van der Waals surface area contributed by atoms with E-state index in [1.54, 1.807) is 12.4 Å². The number of ether oxygens (including phenoxy) is 1. The lowest BCUT2D eigenvalue weighted by atomic mass is 10.1. The number of hydrogen-bond acceptors (Lipinski definition) is 8. The number of fused-ring (bicyclic) bond motifs is 1. The monoisotopic (exact) mass is 454 g/mol. The molecule has 2 aliphatic heterocycles. The molecule has 0 unspecified atom stereocenters. The summed E-state index contributed by atoms with van der Waals surface area (Å²) in [6.07, 6.45) is 4.44. The number of hydrazone groups is 1. The Balaban J connectivity index is 1.50. The Kier molecular flexibility index (Phi) is 5.38. The van der Waals surface area contributed by atoms with Crippen molar-refractivity contribution >= 4 is 28.6 Å². The number of morpholine rings is 1. The molecule has 0 saturated carbocycles. The Morgan fingerprint density at radius 3 is 2.44 bits per heavy atom. The fourth-order valence-corrected chi connectivity index (χ4v) is 4.54. The van der Waals surface area contributed by atoms with Crippen molar-refractivity contribution < 1.29 is 4.74 Å². The maximum Gasteiger partial charge on any atom is 0.250 e. The van der Waals surface area contributed by atoms with Crippen LogP contribution in [0.25, 0.3) is 22.6 Å². The summed E-state index contributed by atoms with van der Waals surface area (Å²) < 4.78 is 7.75. The molecule has 4 aromatic rings. The van der Waals surface area contributed by atoms with E-state index in [-0.39, 0.29) is 0 Å². The van der Waals surface area contributed by atoms with Crippen molar-refractivity contribution in [1.29, 1.82) is 0 Å². The predicted octanol–water partition coefficient (Wildman–Crippen LogP) is 3.36. The smallest absolute Gasteiger partial charge is 0.250 e. The number of aryl methyl sites for hydroxylation is 1. The molecule has 9 heteroatoms. The molecule has 0 N–H and O–H groups in total. The molecule has 0 bridgehead atoms. The largest absolute Gasteiger partial charge is 0.378 e. The highest BCUT2D eigenvalue weighted by Crippen LogP contribution is 2.32. The van der Waals surface area contributed by atoms with Crippen LogP contribution in [0.3, 0.4) is 0 Å². The van der Waals surface area contributed by atoms with E-state index >= 15 is 0 Å². The summed E-state index contributed by atoms with van der Waals surface area (Å²) >= 11 is 0. The topological polar surface area (TPSA) is 84.6 Å². The van der Waals surface area contributed by atoms with E-state index in [0.29, 0.717) is 19.2 Å². The Bertz CT molecular complexity index is 1330. The second-order valence-electron chi connectivity index (χ2n) is 8.32. The number of hydrogen-bond donors (Lipinski definition) is 0. The van der Waals surface area contributed by atoms with Gasteiger partial charge in [0.2, 0.25) is 5.95 Å². The first-order chi connectivity index (χ1) is 16.8. The van der Waals surface area contributed by atoms with Gasteiger partial charge < -0.3 is 14.2 Å². The quantitative estimate of drug-likeness (QED) is 0.457. The van der Waals surface area contributed by atoms with Crippen LogP contribution in [0.1, 0.15) is 18.9 Å². The summed E-state index contributed by atoms with van der Waals surface area (Å²) in [5, 5.41) is 6.81. The van der Waals surface area contributed by atoms with Crippen molar-refractivity contribution in [3.05, 3.63) is 60.4 Å². The first-order valence-corrected chi connectivity index (χ1v) is 11.7. The van der Waals surface area contributed by atoms with Crippen molar-refractivity contribution in [3.8, 4) is 11.4 Å². The number of nitrogens with zero attached hydrogens (tertiary/aromatic N) is 8. The third kappa shape index (κ3) is 3.67. The van der Waals surface area contributed by atoms with Gasteiger partial charge in [-0.1, -0.05) is 30.3 Å². The minimum Gasteiger partial charge on any atom is -0.378 e. The molecule has 2 aliphatic rings. The third-order valence-electron chi connectivity index (χ3n) is 6.27. The second-order valence-corrected chi connectivity index (χ2v) is 8.32. The van der Waals surface area contributed by atoms with Gasteiger partial charge >= 0.3 is 0 Å². The highest BCUT2D eigenvalue weighted by atomic mass is 16.5. The Labute approximate surface area is 197 Å². The van der Waals surface area contributed by atoms with E-state index in [2.05, 4.69) is 33.5 Å². The molecule has 1 aromatic carbocycles. The van der Waals surface area contributed by atoms with Crippen molar-refractivity contribution in [3.63, 3.8) is 0 Å². The van der Waals surface area contributed by atoms with Gasteiger partial charge in [0.15, 0.2) is 17.0 Å². The molecular weight excluding hydrogens is 428 g/mol. The highest BCUT2D eigenvalue weighted by molar-refractivity contribution is 6.02. The fourth-order valence-electron chi connectivity index (χ4n) is 4.54. The summed E-state index contributed by atoms with van der Waals surface area (Å²) in [5.74, 6) is 2.32. The van der Waals surface area contributed by atoms with Gasteiger partial charge in [-0.05, 0) is 24.6 Å². The van der Waals surface area contributed by atoms with E-state index in [4.69, 9.17) is 24.8 Å². The molecule has 1 fully saturated rings. The summed E-state index contributed by atoms with van der Waals surface area (Å²) in [6.45, 7) is 6.49. The van der Waals surface area contributed by atoms with Crippen molar-refractivity contribution in [2.75, 3.05) is 42.8 Å². The Morgan fingerprint density at radius 1 is 0.882 bits per heavy atom. The highest BCUT2D eigenvalue weighted by Gasteiger charge is 2.26. The van der Waals surface area contributed by atoms with Gasteiger partial charge in [-0.15, -0.1) is 0 Å². The first kappa shape index (κ1) is 20.7. The number of anilines is 2. The van der Waals surface area contributed by atoms with E-state index in [0.717, 1.165) is 72.2 Å². The lowest BCUT2D eigenvalue weighted by Gasteiger charge is -2.28. The summed E-state index contributed by atoms with van der Waals surface area (Å²) in [5.41, 5.74) is 4.83. The molecule has 172 valence electrons. The molecule has 0 radical (unpaired) electrons. The standard InChI is InChI=1S/C25H26N8O/c1-2-32-22(19-8-11-26-12-9-19)27-21-23(31-14-16-34-17-15-31)28-25(29-24(21)32)33-13-10-20(30-33)18-6-4-3-5-7-18/h3-9,11-12H,2,10,13-17H2,1H3. The number of pyridine rings is 1. The summed E-state index contributed by atoms with van der Waals surface area (Å²) in [6, 6.07) is 14.3. The first-order valence-electron chi connectivity index (χ1n) is 11.7. The Hall–Kier alpha value is -3.85. The fraction of sp³-hybridized carbons (Fsp3) is 0.320. The lowest BCUT2D eigenvalue weighted by molar-refractivity contribution is 0.122. The minimum absolute atomic E-state index is 0.607. The maximum atomic E-state index is 5.60. The van der Waals surface area contributed by atoms with Crippen molar-refractivity contribution in [1.82, 2.24) is 24.5 Å². The number of rotatable bonds is 5. The maximum absolute atomic E-state index is 5.60. The van der Waals surface area contributed by atoms with Crippen LogP contribution >= 0.6 is 0 Å². The molecule has 5 heterocycles. The zero-order chi connectivity index (χ0) is 22.9. The summed E-state index contributed by atoms with van der Waals surface area (Å²) in [7, 11) is 0. The summed E-state index contributed by atoms with van der Waals surface area (Å²) in [4.78, 5) is 21.4. The van der Waals surface area contributed by atoms with Crippen LogP contribution < -0.4 is 9.91 Å². The number of aromatic nitrogens is 5. The molecule has 0 spiro atoms. The van der Waals surface area contributed by atoms with Gasteiger partial charge in [-0.25, -0.2) is 9.99 Å². The lowest BCUT2D eigenvalue weighted by Crippen LogP contribution is -2.37. The van der Waals surface area contributed by atoms with E-state index in [1.807, 2.05) is 35.3 Å². The molecule has 1 saturated heterocycles. The zero-order valence-corrected chi connectivity index (χ0v) is 19.1. The zero-order valence-electron chi connectivity index (χ0n) is 19.1. The Morgan fingerprint density at radius 2 is 1.68 bits per heavy atom. The second kappa shape index (κ2) is 8.83. The van der Waals surface area contributed by atoms with Crippen LogP contribution in [0.4, 0.5) is 11.8 Å². The average molecular weight is 455 g/mol. The predicted molar refractivity (Wildman–Crippen MR) is 132 cm³/mol. The van der Waals surface area contributed by atoms with Crippen molar-refractivity contribution in [2.45, 2.75) is 19.9 Å². The SMILES string of the molecule is CCn1c(-c2ccncc2)nc2c(N3CCOCC3)nc(N3CCC(c4ccccc4)=N3)nc21. The van der Waals surface area contributed by atoms with E-state index < -0.39 is 0 Å². The third-order valence-corrected chi connectivity index (χ3v) is 6.27. The van der Waals surface area contributed by atoms with Crippen LogP contribution in [0, 0.1) is 0 Å². The molecule has 0 atom stereocenters. The van der Waals surface area contributed by atoms with Crippen LogP contribution in [0.15, 0.2) is 60.0 Å². The van der Waals surface area contributed by atoms with Gasteiger partial charge in [-0.3, -0.25) is 4.98 Å². The molecule has 6 rings (SSSR count). The number of benzene rings is 1. The van der Waals surface area contributed by atoms with Gasteiger partial charge in [0.05, 0.1) is 25.5 Å². The van der Waals surface area contributed by atoms with Gasteiger partial charge in [0.1, 0.15) is 5.82 Å². The van der Waals surface area contributed by atoms with Crippen LogP contribution in [-0.4, -0.2) is 63.1 Å².